The topological polar surface area (TPSA) is 12.0 Å². The Kier molecular flexibility index (Phi) is 2.77. The van der Waals surface area contributed by atoms with Crippen molar-refractivity contribution >= 4 is 0 Å². The molecule has 2 unspecified atom stereocenters. The number of hydrogen-bond donors (Lipinski definition) is 1. The molecule has 1 N–H and O–H groups in total. The van der Waals surface area contributed by atoms with Crippen molar-refractivity contribution in [3.8, 4) is 0 Å². The van der Waals surface area contributed by atoms with E-state index in [-0.39, 0.29) is 11.6 Å². The lowest BCUT2D eigenvalue weighted by Crippen LogP contribution is -2.26. The fraction of sp³-hybridized carbons (Fsp3) is 0.455. The summed E-state index contributed by atoms with van der Waals surface area (Å²) in [6.45, 7) is 0.833. The first kappa shape index (κ1) is 9.59. The molecule has 2 rings (SSSR count). The molecule has 0 amide bonds. The Bertz CT molecular complexity index is 308. The fourth-order valence-electron chi connectivity index (χ4n) is 1.88. The Morgan fingerprint density at radius 3 is 2.79 bits per heavy atom. The molecule has 1 aromatic carbocycles. The monoisotopic (exact) mass is 197 g/mol. The minimum Gasteiger partial charge on any atom is -0.311 e. The highest BCUT2D eigenvalue weighted by Gasteiger charge is 2.27. The standard InChI is InChI=1S/C11H13F2N/c12-9-5-2-1-4-8(9)11(13)10-6-3-7-14-10/h1-2,4-5,10-11,14H,3,6-7H2. The van der Waals surface area contributed by atoms with Gasteiger partial charge in [-0.2, -0.15) is 0 Å². The van der Waals surface area contributed by atoms with Crippen LogP contribution in [0.4, 0.5) is 8.78 Å². The first-order valence-corrected chi connectivity index (χ1v) is 4.91. The fourth-order valence-corrected chi connectivity index (χ4v) is 1.88. The molecule has 3 heteroatoms. The van der Waals surface area contributed by atoms with Crippen LogP contribution in [-0.4, -0.2) is 12.6 Å². The van der Waals surface area contributed by atoms with Gasteiger partial charge < -0.3 is 5.32 Å². The van der Waals surface area contributed by atoms with Gasteiger partial charge in [0.25, 0.3) is 0 Å². The number of hydrogen-bond acceptors (Lipinski definition) is 1. The zero-order valence-corrected chi connectivity index (χ0v) is 7.84. The highest BCUT2D eigenvalue weighted by molar-refractivity contribution is 5.21. The van der Waals surface area contributed by atoms with Crippen LogP contribution in [0.3, 0.4) is 0 Å². The van der Waals surface area contributed by atoms with Gasteiger partial charge in [0.1, 0.15) is 12.0 Å². The van der Waals surface area contributed by atoms with E-state index >= 15 is 0 Å². The SMILES string of the molecule is Fc1ccccc1C(F)C1CCCN1. The maximum Gasteiger partial charge on any atom is 0.143 e. The lowest BCUT2D eigenvalue weighted by Gasteiger charge is -2.16. The molecular weight excluding hydrogens is 184 g/mol. The molecule has 1 nitrogen and oxygen atoms in total. The van der Waals surface area contributed by atoms with Gasteiger partial charge >= 0.3 is 0 Å². The molecule has 1 fully saturated rings. The van der Waals surface area contributed by atoms with E-state index in [0.717, 1.165) is 19.4 Å². The smallest absolute Gasteiger partial charge is 0.143 e. The maximum atomic E-state index is 13.8. The van der Waals surface area contributed by atoms with Gasteiger partial charge in [-0.25, -0.2) is 8.78 Å². The summed E-state index contributed by atoms with van der Waals surface area (Å²) in [5, 5.41) is 3.04. The predicted octanol–water partition coefficient (Wildman–Crippen LogP) is 2.59. The predicted molar refractivity (Wildman–Crippen MR) is 51.3 cm³/mol. The van der Waals surface area contributed by atoms with Gasteiger partial charge in [0.15, 0.2) is 0 Å². The van der Waals surface area contributed by atoms with Crippen LogP contribution in [-0.2, 0) is 0 Å². The molecule has 1 aliphatic heterocycles. The Hall–Kier alpha value is -0.960. The lowest BCUT2D eigenvalue weighted by atomic mass is 10.0. The van der Waals surface area contributed by atoms with E-state index in [1.807, 2.05) is 0 Å². The van der Waals surface area contributed by atoms with Crippen LogP contribution in [0.1, 0.15) is 24.6 Å². The van der Waals surface area contributed by atoms with Crippen LogP contribution in [0.2, 0.25) is 0 Å². The maximum absolute atomic E-state index is 13.8. The average molecular weight is 197 g/mol. The first-order chi connectivity index (χ1) is 6.79. The number of halogens is 2. The summed E-state index contributed by atoms with van der Waals surface area (Å²) in [5.41, 5.74) is 0.173. The highest BCUT2D eigenvalue weighted by Crippen LogP contribution is 2.28. The number of benzene rings is 1. The molecule has 0 aliphatic carbocycles. The molecule has 76 valence electrons. The van der Waals surface area contributed by atoms with Gasteiger partial charge in [0, 0.05) is 11.6 Å². The Labute approximate surface area is 82.1 Å². The minimum absolute atomic E-state index is 0.173. The Morgan fingerprint density at radius 1 is 1.36 bits per heavy atom. The van der Waals surface area contributed by atoms with Crippen LogP contribution >= 0.6 is 0 Å². The molecule has 1 heterocycles. The molecule has 2 atom stereocenters. The van der Waals surface area contributed by atoms with E-state index in [1.54, 1.807) is 12.1 Å². The molecule has 1 aliphatic rings. The summed E-state index contributed by atoms with van der Waals surface area (Å²) in [6, 6.07) is 5.84. The normalized spacial score (nSPS) is 23.7. The van der Waals surface area contributed by atoms with Crippen LogP contribution in [0.25, 0.3) is 0 Å². The van der Waals surface area contributed by atoms with Crippen LogP contribution in [0.5, 0.6) is 0 Å². The van der Waals surface area contributed by atoms with Crippen LogP contribution in [0, 0.1) is 5.82 Å². The van der Waals surface area contributed by atoms with Gasteiger partial charge in [0.05, 0.1) is 0 Å². The molecule has 1 saturated heterocycles. The third-order valence-corrected chi connectivity index (χ3v) is 2.65. The first-order valence-electron chi connectivity index (χ1n) is 4.91. The van der Waals surface area contributed by atoms with Crippen LogP contribution in [0.15, 0.2) is 24.3 Å². The van der Waals surface area contributed by atoms with E-state index in [1.165, 1.54) is 12.1 Å². The largest absolute Gasteiger partial charge is 0.311 e. The highest BCUT2D eigenvalue weighted by atomic mass is 19.1. The van der Waals surface area contributed by atoms with Crippen molar-refractivity contribution in [3.63, 3.8) is 0 Å². The van der Waals surface area contributed by atoms with Crippen LogP contribution < -0.4 is 5.32 Å². The number of alkyl halides is 1. The molecule has 0 bridgehead atoms. The molecule has 0 saturated carbocycles. The quantitative estimate of drug-likeness (QED) is 0.768. The van der Waals surface area contributed by atoms with E-state index in [2.05, 4.69) is 5.32 Å². The van der Waals surface area contributed by atoms with Gasteiger partial charge in [0.2, 0.25) is 0 Å². The minimum atomic E-state index is -1.22. The second-order valence-electron chi connectivity index (χ2n) is 3.63. The number of rotatable bonds is 2. The van der Waals surface area contributed by atoms with E-state index < -0.39 is 12.0 Å². The summed E-state index contributed by atoms with van der Waals surface area (Å²) >= 11 is 0. The molecule has 0 radical (unpaired) electrons. The summed E-state index contributed by atoms with van der Waals surface area (Å²) in [5.74, 6) is -0.450. The third kappa shape index (κ3) is 1.77. The second-order valence-corrected chi connectivity index (χ2v) is 3.63. The summed E-state index contributed by atoms with van der Waals surface area (Å²) in [4.78, 5) is 0. The van der Waals surface area contributed by atoms with E-state index in [0.29, 0.717) is 0 Å². The van der Waals surface area contributed by atoms with Crippen molar-refractivity contribution in [1.82, 2.24) is 5.32 Å². The summed E-state index contributed by atoms with van der Waals surface area (Å²) < 4.78 is 27.0. The van der Waals surface area contributed by atoms with E-state index in [4.69, 9.17) is 0 Å². The third-order valence-electron chi connectivity index (χ3n) is 2.65. The Balaban J connectivity index is 2.17. The van der Waals surface area contributed by atoms with E-state index in [9.17, 15) is 8.78 Å². The summed E-state index contributed by atoms with van der Waals surface area (Å²) in [7, 11) is 0. The molecule has 0 spiro atoms. The second kappa shape index (κ2) is 4.05. The van der Waals surface area contributed by atoms with Gasteiger partial charge in [-0.15, -0.1) is 0 Å². The molecular formula is C11H13F2N. The lowest BCUT2D eigenvalue weighted by molar-refractivity contribution is 0.264. The van der Waals surface area contributed by atoms with Crippen molar-refractivity contribution < 1.29 is 8.78 Å². The van der Waals surface area contributed by atoms with Crippen molar-refractivity contribution in [3.05, 3.63) is 35.6 Å². The van der Waals surface area contributed by atoms with Crippen molar-refractivity contribution in [2.24, 2.45) is 0 Å². The van der Waals surface area contributed by atoms with Crippen molar-refractivity contribution in [2.75, 3.05) is 6.54 Å². The zero-order chi connectivity index (χ0) is 9.97. The molecule has 1 aromatic rings. The Morgan fingerprint density at radius 2 is 2.14 bits per heavy atom. The molecule has 14 heavy (non-hydrogen) atoms. The van der Waals surface area contributed by atoms with Gasteiger partial charge in [-0.3, -0.25) is 0 Å². The van der Waals surface area contributed by atoms with Crippen molar-refractivity contribution in [2.45, 2.75) is 25.1 Å². The number of nitrogens with one attached hydrogen (secondary N) is 1. The summed E-state index contributed by atoms with van der Waals surface area (Å²) in [6.07, 6.45) is 0.536. The van der Waals surface area contributed by atoms with Gasteiger partial charge in [-0.05, 0) is 25.5 Å². The zero-order valence-electron chi connectivity index (χ0n) is 7.84. The van der Waals surface area contributed by atoms with Crippen molar-refractivity contribution in [1.29, 1.82) is 0 Å². The molecule has 0 aromatic heterocycles. The van der Waals surface area contributed by atoms with Gasteiger partial charge in [-0.1, -0.05) is 18.2 Å². The average Bonchev–Trinajstić information content (AvgIpc) is 2.70.